The highest BCUT2D eigenvalue weighted by atomic mass is 32.1. The van der Waals surface area contributed by atoms with Crippen LogP contribution >= 0.6 is 11.3 Å². The van der Waals surface area contributed by atoms with Crippen LogP contribution in [0.25, 0.3) is 0 Å². The molecule has 2 nitrogen and oxygen atoms in total. The quantitative estimate of drug-likeness (QED) is 0.739. The first kappa shape index (κ1) is 10.5. The Morgan fingerprint density at radius 2 is 1.94 bits per heavy atom. The first-order chi connectivity index (χ1) is 8.17. The molecule has 0 atom stereocenters. The van der Waals surface area contributed by atoms with E-state index in [0.717, 1.165) is 22.0 Å². The van der Waals surface area contributed by atoms with Crippen LogP contribution in [0, 0.1) is 0 Å². The maximum atomic E-state index is 6.01. The monoisotopic (exact) mass is 243 g/mol. The van der Waals surface area contributed by atoms with Crippen LogP contribution in [0.3, 0.4) is 0 Å². The van der Waals surface area contributed by atoms with Crippen LogP contribution in [0.1, 0.15) is 24.3 Å². The van der Waals surface area contributed by atoms with E-state index in [1.807, 2.05) is 35.7 Å². The second-order valence-corrected chi connectivity index (χ2v) is 5.47. The number of aliphatic imine (C=N–C) groups is 1. The fourth-order valence-electron chi connectivity index (χ4n) is 2.01. The van der Waals surface area contributed by atoms with Gasteiger partial charge in [-0.2, -0.15) is 0 Å². The van der Waals surface area contributed by atoms with Gasteiger partial charge in [-0.05, 0) is 31.4 Å². The van der Waals surface area contributed by atoms with Gasteiger partial charge in [0.05, 0.1) is 10.6 Å². The molecule has 0 unspecified atom stereocenters. The van der Waals surface area contributed by atoms with Crippen LogP contribution < -0.4 is 0 Å². The molecule has 1 aliphatic rings. The van der Waals surface area contributed by atoms with Gasteiger partial charge in [-0.15, -0.1) is 11.3 Å². The maximum Gasteiger partial charge on any atom is 0.232 e. The Morgan fingerprint density at radius 3 is 2.71 bits per heavy atom. The molecule has 0 bridgehead atoms. The summed E-state index contributed by atoms with van der Waals surface area (Å²) >= 11 is 1.65. The van der Waals surface area contributed by atoms with Gasteiger partial charge in [0.2, 0.25) is 5.90 Å². The molecular weight excluding hydrogens is 230 g/mol. The van der Waals surface area contributed by atoms with E-state index in [1.165, 1.54) is 0 Å². The number of hydrogen-bond acceptors (Lipinski definition) is 3. The normalized spacial score (nSPS) is 16.9. The van der Waals surface area contributed by atoms with Crippen molar-refractivity contribution in [1.29, 1.82) is 0 Å². The highest BCUT2D eigenvalue weighted by Crippen LogP contribution is 2.38. The second-order valence-electron chi connectivity index (χ2n) is 4.52. The van der Waals surface area contributed by atoms with Crippen molar-refractivity contribution in [3.05, 3.63) is 52.2 Å². The topological polar surface area (TPSA) is 21.6 Å². The molecule has 0 saturated heterocycles. The molecule has 17 heavy (non-hydrogen) atoms. The standard InChI is InChI=1S/C14H13NOS/c1-14(2)10-6-3-4-7-11(10)15-13(16-14)12-8-5-9-17-12/h3-9H,1-2H3. The summed E-state index contributed by atoms with van der Waals surface area (Å²) in [6, 6.07) is 12.2. The van der Waals surface area contributed by atoms with Crippen molar-refractivity contribution in [3.8, 4) is 0 Å². The molecule has 0 aliphatic carbocycles. The summed E-state index contributed by atoms with van der Waals surface area (Å²) in [4.78, 5) is 5.66. The van der Waals surface area contributed by atoms with E-state index in [0.29, 0.717) is 0 Å². The van der Waals surface area contributed by atoms with Crippen molar-refractivity contribution in [2.75, 3.05) is 0 Å². The molecule has 0 saturated carbocycles. The molecule has 0 fully saturated rings. The third-order valence-electron chi connectivity index (χ3n) is 2.86. The number of thiophene rings is 1. The van der Waals surface area contributed by atoms with Crippen LogP contribution in [-0.2, 0) is 10.3 Å². The highest BCUT2D eigenvalue weighted by molar-refractivity contribution is 7.12. The summed E-state index contributed by atoms with van der Waals surface area (Å²) in [5.41, 5.74) is 1.82. The lowest BCUT2D eigenvalue weighted by molar-refractivity contribution is 0.0917. The van der Waals surface area contributed by atoms with Crippen molar-refractivity contribution in [2.24, 2.45) is 4.99 Å². The average molecular weight is 243 g/mol. The summed E-state index contributed by atoms with van der Waals surface area (Å²) in [7, 11) is 0. The smallest absolute Gasteiger partial charge is 0.232 e. The molecule has 86 valence electrons. The first-order valence-corrected chi connectivity index (χ1v) is 6.46. The van der Waals surface area contributed by atoms with Crippen molar-refractivity contribution < 1.29 is 4.74 Å². The van der Waals surface area contributed by atoms with E-state index in [9.17, 15) is 0 Å². The lowest BCUT2D eigenvalue weighted by Crippen LogP contribution is -2.28. The van der Waals surface area contributed by atoms with Crippen LogP contribution in [0.15, 0.2) is 46.8 Å². The van der Waals surface area contributed by atoms with Gasteiger partial charge < -0.3 is 4.74 Å². The largest absolute Gasteiger partial charge is 0.466 e. The van der Waals surface area contributed by atoms with Crippen LogP contribution in [0.2, 0.25) is 0 Å². The summed E-state index contributed by atoms with van der Waals surface area (Å²) < 4.78 is 6.01. The van der Waals surface area contributed by atoms with Gasteiger partial charge in [0.25, 0.3) is 0 Å². The summed E-state index contributed by atoms with van der Waals surface area (Å²) in [5.74, 6) is 0.726. The molecule has 3 rings (SSSR count). The highest BCUT2D eigenvalue weighted by Gasteiger charge is 2.31. The Balaban J connectivity index is 2.15. The van der Waals surface area contributed by atoms with Crippen LogP contribution in [-0.4, -0.2) is 5.90 Å². The van der Waals surface area contributed by atoms with Gasteiger partial charge in [-0.3, -0.25) is 0 Å². The third-order valence-corrected chi connectivity index (χ3v) is 3.72. The number of hydrogen-bond donors (Lipinski definition) is 0. The zero-order chi connectivity index (χ0) is 11.9. The predicted octanol–water partition coefficient (Wildman–Crippen LogP) is 4.09. The van der Waals surface area contributed by atoms with Crippen LogP contribution in [0.5, 0.6) is 0 Å². The Kier molecular flexibility index (Phi) is 2.30. The second kappa shape index (κ2) is 3.70. The lowest BCUT2D eigenvalue weighted by Gasteiger charge is -2.32. The van der Waals surface area contributed by atoms with Gasteiger partial charge in [0.15, 0.2) is 0 Å². The molecule has 1 aromatic carbocycles. The number of nitrogens with zero attached hydrogens (tertiary/aromatic N) is 1. The Labute approximate surface area is 105 Å². The van der Waals surface area contributed by atoms with Gasteiger partial charge in [0, 0.05) is 5.56 Å². The number of rotatable bonds is 1. The summed E-state index contributed by atoms with van der Waals surface area (Å²) in [6.07, 6.45) is 0. The Morgan fingerprint density at radius 1 is 1.12 bits per heavy atom. The zero-order valence-electron chi connectivity index (χ0n) is 9.81. The first-order valence-electron chi connectivity index (χ1n) is 5.58. The molecular formula is C14H13NOS. The van der Waals surface area contributed by atoms with Gasteiger partial charge in [-0.25, -0.2) is 4.99 Å². The molecule has 0 N–H and O–H groups in total. The minimum atomic E-state index is -0.322. The van der Waals surface area contributed by atoms with Crippen molar-refractivity contribution in [1.82, 2.24) is 0 Å². The Bertz CT molecular complexity index is 570. The molecule has 3 heteroatoms. The van der Waals surface area contributed by atoms with Crippen molar-refractivity contribution in [2.45, 2.75) is 19.4 Å². The average Bonchev–Trinajstić information content (AvgIpc) is 2.81. The molecule has 2 aromatic rings. The predicted molar refractivity (Wildman–Crippen MR) is 71.1 cm³/mol. The Hall–Kier alpha value is -1.61. The number of para-hydroxylation sites is 1. The van der Waals surface area contributed by atoms with Gasteiger partial charge in [0.1, 0.15) is 5.60 Å². The van der Waals surface area contributed by atoms with Gasteiger partial charge >= 0.3 is 0 Å². The van der Waals surface area contributed by atoms with E-state index in [2.05, 4.69) is 24.9 Å². The van der Waals surface area contributed by atoms with E-state index in [4.69, 9.17) is 4.74 Å². The van der Waals surface area contributed by atoms with Crippen molar-refractivity contribution >= 4 is 22.9 Å². The molecule has 0 spiro atoms. The van der Waals surface area contributed by atoms with E-state index < -0.39 is 0 Å². The third kappa shape index (κ3) is 1.76. The molecule has 0 radical (unpaired) electrons. The fraction of sp³-hybridized carbons (Fsp3) is 0.214. The van der Waals surface area contributed by atoms with E-state index in [-0.39, 0.29) is 5.60 Å². The van der Waals surface area contributed by atoms with E-state index in [1.54, 1.807) is 11.3 Å². The lowest BCUT2D eigenvalue weighted by atomic mass is 9.95. The minimum absolute atomic E-state index is 0.322. The van der Waals surface area contributed by atoms with Gasteiger partial charge in [-0.1, -0.05) is 24.3 Å². The maximum absolute atomic E-state index is 6.01. The number of fused-ring (bicyclic) bond motifs is 1. The van der Waals surface area contributed by atoms with E-state index >= 15 is 0 Å². The molecule has 1 aliphatic heterocycles. The SMILES string of the molecule is CC1(C)OC(c2cccs2)=Nc2ccccc21. The molecule has 1 aromatic heterocycles. The fourth-order valence-corrected chi connectivity index (χ4v) is 2.66. The zero-order valence-corrected chi connectivity index (χ0v) is 10.6. The van der Waals surface area contributed by atoms with Crippen LogP contribution in [0.4, 0.5) is 5.69 Å². The number of ether oxygens (including phenoxy) is 1. The van der Waals surface area contributed by atoms with Crippen molar-refractivity contribution in [3.63, 3.8) is 0 Å². The summed E-state index contributed by atoms with van der Waals surface area (Å²) in [6.45, 7) is 4.16. The molecule has 2 heterocycles. The minimum Gasteiger partial charge on any atom is -0.466 e. The summed E-state index contributed by atoms with van der Waals surface area (Å²) in [5, 5.41) is 2.04. The number of benzene rings is 1. The molecule has 0 amide bonds.